The Kier molecular flexibility index (Phi) is 4.96. The fourth-order valence-corrected chi connectivity index (χ4v) is 3.08. The Balaban J connectivity index is 1.53. The predicted molar refractivity (Wildman–Crippen MR) is 108 cm³/mol. The van der Waals surface area contributed by atoms with E-state index in [0.717, 1.165) is 22.5 Å². The lowest BCUT2D eigenvalue weighted by Gasteiger charge is -2.01. The summed E-state index contributed by atoms with van der Waals surface area (Å²) in [5.74, 6) is 0. The average Bonchev–Trinajstić information content (AvgIpc) is 2.79. The molecule has 0 spiro atoms. The summed E-state index contributed by atoms with van der Waals surface area (Å²) in [5, 5.41) is 21.6. The second-order valence-corrected chi connectivity index (χ2v) is 6.54. The first kappa shape index (κ1) is 18.9. The lowest BCUT2D eigenvalue weighted by molar-refractivity contribution is -0.596. The molecule has 2 aromatic carbocycles. The van der Waals surface area contributed by atoms with Crippen molar-refractivity contribution in [2.24, 2.45) is 0 Å². The van der Waals surface area contributed by atoms with Crippen LogP contribution in [-0.4, -0.2) is 9.85 Å². The minimum atomic E-state index is -0.421. The summed E-state index contributed by atoms with van der Waals surface area (Å²) in [4.78, 5) is 20.7. The Morgan fingerprint density at radius 1 is 0.500 bits per heavy atom. The van der Waals surface area contributed by atoms with Crippen molar-refractivity contribution in [3.63, 3.8) is 0 Å². The summed E-state index contributed by atoms with van der Waals surface area (Å²) >= 11 is 0. The van der Waals surface area contributed by atoms with Crippen LogP contribution >= 0.6 is 0 Å². The number of nitro benzene ring substituents is 2. The number of non-ortho nitro benzene ring substituents is 2. The fraction of sp³-hybridized carbons (Fsp3) is 0. The number of nitrogens with zero attached hydrogens (tertiary/aromatic N) is 4. The predicted octanol–water partition coefficient (Wildman–Crippen LogP) is 3.72. The highest BCUT2D eigenvalue weighted by atomic mass is 16.6. The fourth-order valence-electron chi connectivity index (χ4n) is 3.08. The quantitative estimate of drug-likeness (QED) is 0.290. The van der Waals surface area contributed by atoms with Gasteiger partial charge in [0.25, 0.3) is 11.4 Å². The van der Waals surface area contributed by atoms with Gasteiger partial charge in [-0.05, 0) is 11.1 Å². The van der Waals surface area contributed by atoms with Crippen LogP contribution in [0.1, 0.15) is 0 Å². The van der Waals surface area contributed by atoms with Gasteiger partial charge < -0.3 is 0 Å². The van der Waals surface area contributed by atoms with Crippen LogP contribution < -0.4 is 9.13 Å². The van der Waals surface area contributed by atoms with Crippen LogP contribution in [0.4, 0.5) is 11.4 Å². The second-order valence-electron chi connectivity index (χ2n) is 6.54. The molecule has 0 saturated carbocycles. The molecule has 146 valence electrons. The van der Waals surface area contributed by atoms with Gasteiger partial charge in [0, 0.05) is 72.8 Å². The largest absolute Gasteiger partial charge is 0.269 e. The molecule has 0 bridgehead atoms. The van der Waals surface area contributed by atoms with Gasteiger partial charge in [0.05, 0.1) is 9.85 Å². The van der Waals surface area contributed by atoms with E-state index in [2.05, 4.69) is 0 Å². The molecule has 0 fully saturated rings. The van der Waals surface area contributed by atoms with Crippen LogP contribution in [-0.2, 0) is 0 Å². The highest BCUT2D eigenvalue weighted by molar-refractivity contribution is 5.61. The van der Waals surface area contributed by atoms with Gasteiger partial charge in [0.2, 0.25) is 11.4 Å². The third-order valence-corrected chi connectivity index (χ3v) is 4.71. The monoisotopic (exact) mass is 400 g/mol. The van der Waals surface area contributed by atoms with Crippen LogP contribution in [0.15, 0.2) is 97.6 Å². The van der Waals surface area contributed by atoms with Gasteiger partial charge in [0.1, 0.15) is 0 Å². The second kappa shape index (κ2) is 7.88. The summed E-state index contributed by atoms with van der Waals surface area (Å²) in [6.07, 6.45) is 7.59. The standard InChI is InChI=1S/C22H16N4O4/c27-25(28)21-5-1-19(2-6-21)23-13-9-17(10-14-23)18-11-15-24(16-12-18)20-3-7-22(8-4-20)26(29)30/h1-16H/q+2. The molecule has 0 aliphatic heterocycles. The van der Waals surface area contributed by atoms with Gasteiger partial charge >= 0.3 is 0 Å². The molecule has 8 nitrogen and oxygen atoms in total. The zero-order chi connectivity index (χ0) is 21.1. The van der Waals surface area contributed by atoms with Crippen molar-refractivity contribution in [2.75, 3.05) is 0 Å². The van der Waals surface area contributed by atoms with E-state index >= 15 is 0 Å². The molecule has 0 amide bonds. The number of rotatable bonds is 5. The maximum Gasteiger partial charge on any atom is 0.269 e. The van der Waals surface area contributed by atoms with E-state index in [9.17, 15) is 20.2 Å². The molecule has 30 heavy (non-hydrogen) atoms. The van der Waals surface area contributed by atoms with Gasteiger partial charge in [-0.25, -0.2) is 0 Å². The Labute approximate surface area is 171 Å². The van der Waals surface area contributed by atoms with Gasteiger partial charge in [-0.3, -0.25) is 20.2 Å². The van der Waals surface area contributed by atoms with Crippen LogP contribution in [0, 0.1) is 20.2 Å². The molecule has 0 aliphatic carbocycles. The third kappa shape index (κ3) is 3.88. The van der Waals surface area contributed by atoms with Crippen molar-refractivity contribution < 1.29 is 19.0 Å². The highest BCUT2D eigenvalue weighted by Crippen LogP contribution is 2.18. The van der Waals surface area contributed by atoms with E-state index in [1.54, 1.807) is 24.3 Å². The summed E-state index contributed by atoms with van der Waals surface area (Å²) < 4.78 is 3.76. The van der Waals surface area contributed by atoms with Crippen molar-refractivity contribution in [3.05, 3.63) is 118 Å². The summed E-state index contributed by atoms with van der Waals surface area (Å²) in [7, 11) is 0. The molecule has 0 atom stereocenters. The zero-order valence-corrected chi connectivity index (χ0v) is 15.7. The lowest BCUT2D eigenvalue weighted by atomic mass is 10.1. The number of benzene rings is 2. The van der Waals surface area contributed by atoms with Gasteiger partial charge in [-0.1, -0.05) is 0 Å². The summed E-state index contributed by atoms with van der Waals surface area (Å²) in [5.41, 5.74) is 3.81. The molecule has 0 aliphatic rings. The molecule has 4 rings (SSSR count). The maximum atomic E-state index is 10.8. The van der Waals surface area contributed by atoms with E-state index in [-0.39, 0.29) is 11.4 Å². The van der Waals surface area contributed by atoms with E-state index in [4.69, 9.17) is 0 Å². The van der Waals surface area contributed by atoms with Crippen LogP contribution in [0.5, 0.6) is 0 Å². The summed E-state index contributed by atoms with van der Waals surface area (Å²) in [6.45, 7) is 0. The Morgan fingerprint density at radius 2 is 0.800 bits per heavy atom. The van der Waals surface area contributed by atoms with E-state index < -0.39 is 9.85 Å². The molecule has 0 N–H and O–H groups in total. The lowest BCUT2D eigenvalue weighted by Crippen LogP contribution is -2.29. The van der Waals surface area contributed by atoms with Crippen LogP contribution in [0.2, 0.25) is 0 Å². The molecule has 4 aromatic rings. The molecule has 2 heterocycles. The summed E-state index contributed by atoms with van der Waals surface area (Å²) in [6, 6.07) is 20.6. The number of aromatic nitrogens is 2. The van der Waals surface area contributed by atoms with Crippen molar-refractivity contribution >= 4 is 11.4 Å². The first-order valence-electron chi connectivity index (χ1n) is 9.04. The maximum absolute atomic E-state index is 10.8. The van der Waals surface area contributed by atoms with Crippen LogP contribution in [0.25, 0.3) is 22.5 Å². The van der Waals surface area contributed by atoms with Crippen molar-refractivity contribution in [1.29, 1.82) is 0 Å². The Hall–Kier alpha value is -4.46. The van der Waals surface area contributed by atoms with Crippen molar-refractivity contribution in [2.45, 2.75) is 0 Å². The number of hydrogen-bond donors (Lipinski definition) is 0. The minimum Gasteiger partial charge on any atom is -0.258 e. The van der Waals surface area contributed by atoms with E-state index in [1.165, 1.54) is 24.3 Å². The molecule has 2 aromatic heterocycles. The normalized spacial score (nSPS) is 10.5. The van der Waals surface area contributed by atoms with Gasteiger partial charge in [-0.2, -0.15) is 9.13 Å². The minimum absolute atomic E-state index is 0.0570. The number of pyridine rings is 2. The average molecular weight is 400 g/mol. The number of nitro groups is 2. The Bertz CT molecular complexity index is 1110. The molecular weight excluding hydrogens is 384 g/mol. The molecule has 0 radical (unpaired) electrons. The molecule has 0 saturated heterocycles. The first-order chi connectivity index (χ1) is 14.5. The molecule has 0 unspecified atom stereocenters. The third-order valence-electron chi connectivity index (χ3n) is 4.71. The SMILES string of the molecule is O=[N+]([O-])c1ccc(-[n+]2ccc(-c3cc[n+](-c4ccc([N+](=O)[O-])cc4)cc3)cc2)cc1. The molecular formula is C22H16N4O4+2. The zero-order valence-electron chi connectivity index (χ0n) is 15.7. The van der Waals surface area contributed by atoms with E-state index in [0.29, 0.717) is 0 Å². The van der Waals surface area contributed by atoms with Gasteiger partial charge in [-0.15, -0.1) is 0 Å². The topological polar surface area (TPSA) is 94.0 Å². The van der Waals surface area contributed by atoms with Gasteiger partial charge in [0.15, 0.2) is 24.8 Å². The van der Waals surface area contributed by atoms with Crippen molar-refractivity contribution in [3.8, 4) is 22.5 Å². The van der Waals surface area contributed by atoms with E-state index in [1.807, 2.05) is 58.2 Å². The highest BCUT2D eigenvalue weighted by Gasteiger charge is 2.12. The molecule has 8 heteroatoms. The Morgan fingerprint density at radius 3 is 1.07 bits per heavy atom. The smallest absolute Gasteiger partial charge is 0.258 e. The van der Waals surface area contributed by atoms with Crippen molar-refractivity contribution in [1.82, 2.24) is 0 Å². The first-order valence-corrected chi connectivity index (χ1v) is 9.04. The number of hydrogen-bond acceptors (Lipinski definition) is 4. The van der Waals surface area contributed by atoms with Crippen LogP contribution in [0.3, 0.4) is 0 Å².